The van der Waals surface area contributed by atoms with Crippen molar-refractivity contribution in [1.82, 2.24) is 18.9 Å². The van der Waals surface area contributed by atoms with Crippen LogP contribution in [0.3, 0.4) is 0 Å². The number of aromatic carboxylic acids is 1. The molecule has 1 amide bonds. The van der Waals surface area contributed by atoms with E-state index in [1.807, 2.05) is 112 Å². The lowest BCUT2D eigenvalue weighted by Gasteiger charge is -2.35. The molecule has 1 unspecified atom stereocenters. The minimum absolute atomic E-state index is 0.00434. The number of anilines is 1. The van der Waals surface area contributed by atoms with Crippen molar-refractivity contribution in [2.45, 2.75) is 66.7 Å². The van der Waals surface area contributed by atoms with Gasteiger partial charge in [-0.3, -0.25) is 9.48 Å². The molecule has 61 heavy (non-hydrogen) atoms. The standard InChI is InChI=1S/C48H49Cl2N5O6/c1-27-23-33(24-28(2)41(27)50)60-21-12-16-34-35-18-19-37(49)40(39-30(4)51-52(6)31(39)5)43(35)55-29(3)25-54(47(56)44(34)55)38-17-11-15-36-42(38)53(20-22-59-7)45(48(57)58)46(36)61-26-32-13-9-8-10-14-32/h8-11,13-15,17-19,23-24,29H,12,16,20-22,25-26H2,1-7H3,(H,57,58). The molecule has 7 aromatic rings. The van der Waals surface area contributed by atoms with Crippen molar-refractivity contribution in [1.29, 1.82) is 0 Å². The molecule has 0 fully saturated rings. The van der Waals surface area contributed by atoms with Gasteiger partial charge < -0.3 is 33.4 Å². The Morgan fingerprint density at radius 2 is 1.64 bits per heavy atom. The molecule has 0 spiro atoms. The van der Waals surface area contributed by atoms with E-state index in [1.165, 1.54) is 0 Å². The first-order valence-electron chi connectivity index (χ1n) is 20.4. The number of carbonyl (C=O) groups is 2. The zero-order chi connectivity index (χ0) is 43.3. The first-order chi connectivity index (χ1) is 29.3. The van der Waals surface area contributed by atoms with Crippen LogP contribution < -0.4 is 14.4 Å². The molecule has 4 aromatic carbocycles. The van der Waals surface area contributed by atoms with E-state index in [9.17, 15) is 9.90 Å². The smallest absolute Gasteiger partial charge is 0.356 e. The van der Waals surface area contributed by atoms with Crippen molar-refractivity contribution in [2.75, 3.05) is 31.8 Å². The topological polar surface area (TPSA) is 113 Å². The molecule has 1 aliphatic heterocycles. The largest absolute Gasteiger partial charge is 0.494 e. The van der Waals surface area contributed by atoms with Gasteiger partial charge in [-0.2, -0.15) is 5.10 Å². The predicted octanol–water partition coefficient (Wildman–Crippen LogP) is 10.7. The lowest BCUT2D eigenvalue weighted by Crippen LogP contribution is -2.43. The van der Waals surface area contributed by atoms with Crippen molar-refractivity contribution < 1.29 is 28.9 Å². The van der Waals surface area contributed by atoms with Gasteiger partial charge in [-0.1, -0.05) is 65.7 Å². The molecule has 8 rings (SSSR count). The molecule has 11 nitrogen and oxygen atoms in total. The quantitative estimate of drug-likeness (QED) is 0.108. The summed E-state index contributed by atoms with van der Waals surface area (Å²) in [6, 6.07) is 22.8. The van der Waals surface area contributed by atoms with E-state index in [2.05, 4.69) is 11.5 Å². The normalized spacial score (nSPS) is 14.0. The SMILES string of the molecule is COCCn1c(C(=O)O)c(OCc2ccccc2)c2cccc(N3CC(C)n4c(c(CCCOc5cc(C)c(Cl)c(C)c5)c5ccc(Cl)c(-c6c(C)nn(C)c6C)c54)C3=O)c21. The summed E-state index contributed by atoms with van der Waals surface area (Å²) in [6.45, 7) is 11.4. The number of carboxylic acid groups (broad SMARTS) is 1. The van der Waals surface area contributed by atoms with E-state index in [1.54, 1.807) is 16.6 Å². The van der Waals surface area contributed by atoms with Crippen LogP contribution in [0, 0.1) is 27.7 Å². The van der Waals surface area contributed by atoms with Crippen molar-refractivity contribution >= 4 is 62.6 Å². The molecular weight excluding hydrogens is 813 g/mol. The van der Waals surface area contributed by atoms with E-state index < -0.39 is 5.97 Å². The fourth-order valence-electron chi connectivity index (χ4n) is 9.01. The average molecular weight is 863 g/mol. The number of aryl methyl sites for hydroxylation is 5. The van der Waals surface area contributed by atoms with Crippen LogP contribution in [0.5, 0.6) is 11.5 Å². The molecule has 1 N–H and O–H groups in total. The van der Waals surface area contributed by atoms with Gasteiger partial charge in [-0.15, -0.1) is 0 Å². The zero-order valence-electron chi connectivity index (χ0n) is 35.4. The summed E-state index contributed by atoms with van der Waals surface area (Å²) in [4.78, 5) is 30.4. The van der Waals surface area contributed by atoms with Gasteiger partial charge in [-0.25, -0.2) is 4.79 Å². The molecule has 316 valence electrons. The number of benzene rings is 4. The number of hydrogen-bond donors (Lipinski definition) is 1. The Bertz CT molecular complexity index is 2820. The molecule has 1 aliphatic rings. The van der Waals surface area contributed by atoms with Crippen LogP contribution in [0.15, 0.2) is 72.8 Å². The van der Waals surface area contributed by atoms with Crippen LogP contribution in [0.2, 0.25) is 10.0 Å². The number of carboxylic acids is 1. The molecule has 0 radical (unpaired) electrons. The van der Waals surface area contributed by atoms with Gasteiger partial charge in [-0.05, 0) is 100 Å². The highest BCUT2D eigenvalue weighted by atomic mass is 35.5. The highest BCUT2D eigenvalue weighted by Crippen LogP contribution is 2.47. The van der Waals surface area contributed by atoms with Gasteiger partial charge in [0.05, 0.1) is 40.7 Å². The molecule has 0 saturated carbocycles. The number of fused-ring (bicyclic) bond motifs is 4. The number of methoxy groups -OCH3 is 1. The van der Waals surface area contributed by atoms with Crippen LogP contribution in [0.1, 0.15) is 74.0 Å². The fourth-order valence-corrected chi connectivity index (χ4v) is 9.37. The lowest BCUT2D eigenvalue weighted by molar-refractivity contribution is 0.0677. The van der Waals surface area contributed by atoms with E-state index >= 15 is 4.79 Å². The minimum atomic E-state index is -1.14. The van der Waals surface area contributed by atoms with Crippen LogP contribution in [0.4, 0.5) is 5.69 Å². The third kappa shape index (κ3) is 7.42. The van der Waals surface area contributed by atoms with Crippen LogP contribution in [-0.4, -0.2) is 62.8 Å². The van der Waals surface area contributed by atoms with Gasteiger partial charge in [0.2, 0.25) is 0 Å². The van der Waals surface area contributed by atoms with Gasteiger partial charge in [0.25, 0.3) is 5.91 Å². The average Bonchev–Trinajstić information content (AvgIpc) is 3.84. The molecule has 13 heteroatoms. The monoisotopic (exact) mass is 861 g/mol. The second-order valence-corrected chi connectivity index (χ2v) is 16.6. The maximum Gasteiger partial charge on any atom is 0.356 e. The summed E-state index contributed by atoms with van der Waals surface area (Å²) in [5, 5.41) is 18.3. The van der Waals surface area contributed by atoms with Gasteiger partial charge in [0, 0.05) is 65.9 Å². The number of para-hydroxylation sites is 1. The summed E-state index contributed by atoms with van der Waals surface area (Å²) >= 11 is 13.6. The van der Waals surface area contributed by atoms with Crippen LogP contribution in [0.25, 0.3) is 32.9 Å². The number of halogens is 2. The first kappa shape index (κ1) is 42.0. The molecule has 0 saturated heterocycles. The maximum absolute atomic E-state index is 15.5. The van der Waals surface area contributed by atoms with E-state index in [4.69, 9.17) is 42.5 Å². The number of amides is 1. The zero-order valence-corrected chi connectivity index (χ0v) is 36.9. The van der Waals surface area contributed by atoms with Gasteiger partial charge in [0.1, 0.15) is 18.1 Å². The molecule has 0 bridgehead atoms. The molecule has 1 atom stereocenters. The predicted molar refractivity (Wildman–Crippen MR) is 241 cm³/mol. The Morgan fingerprint density at radius 3 is 2.31 bits per heavy atom. The number of aromatic nitrogens is 4. The second kappa shape index (κ2) is 17.0. The molecule has 3 aromatic heterocycles. The molecular formula is C48H49Cl2N5O6. The second-order valence-electron chi connectivity index (χ2n) is 15.8. The summed E-state index contributed by atoms with van der Waals surface area (Å²) in [7, 11) is 3.50. The third-order valence-corrected chi connectivity index (χ3v) is 12.7. The highest BCUT2D eigenvalue weighted by molar-refractivity contribution is 6.35. The molecule has 0 aliphatic carbocycles. The summed E-state index contributed by atoms with van der Waals surface area (Å²) in [6.07, 6.45) is 1.16. The Labute approximate surface area is 364 Å². The number of rotatable bonds is 14. The Morgan fingerprint density at radius 1 is 0.902 bits per heavy atom. The fraction of sp³-hybridized carbons (Fsp3) is 0.312. The van der Waals surface area contributed by atoms with Crippen molar-refractivity contribution in [3.05, 3.63) is 128 Å². The summed E-state index contributed by atoms with van der Waals surface area (Å²) in [5.74, 6) is -0.359. The van der Waals surface area contributed by atoms with Gasteiger partial charge in [0.15, 0.2) is 11.4 Å². The van der Waals surface area contributed by atoms with Crippen LogP contribution in [-0.2, 0) is 31.4 Å². The maximum atomic E-state index is 15.5. The lowest BCUT2D eigenvalue weighted by atomic mass is 9.98. The van der Waals surface area contributed by atoms with E-state index in [0.29, 0.717) is 53.3 Å². The highest BCUT2D eigenvalue weighted by Gasteiger charge is 2.38. The third-order valence-electron chi connectivity index (χ3n) is 11.8. The first-order valence-corrected chi connectivity index (χ1v) is 21.2. The number of ether oxygens (including phenoxy) is 3. The van der Waals surface area contributed by atoms with Crippen molar-refractivity contribution in [3.63, 3.8) is 0 Å². The Balaban J connectivity index is 1.28. The number of nitrogens with zero attached hydrogens (tertiary/aromatic N) is 5. The Kier molecular flexibility index (Phi) is 11.7. The van der Waals surface area contributed by atoms with Gasteiger partial charge >= 0.3 is 5.97 Å². The summed E-state index contributed by atoms with van der Waals surface area (Å²) < 4.78 is 23.9. The van der Waals surface area contributed by atoms with E-state index in [0.717, 1.165) is 66.4 Å². The van der Waals surface area contributed by atoms with E-state index in [-0.39, 0.29) is 43.2 Å². The van der Waals surface area contributed by atoms with Crippen molar-refractivity contribution in [2.24, 2.45) is 7.05 Å². The van der Waals surface area contributed by atoms with Crippen LogP contribution >= 0.6 is 23.2 Å². The summed E-state index contributed by atoms with van der Waals surface area (Å²) in [5.41, 5.74) is 9.86. The molecule has 4 heterocycles. The minimum Gasteiger partial charge on any atom is -0.494 e. The Hall–Kier alpha value is -5.75. The number of hydrogen-bond acceptors (Lipinski definition) is 6. The number of carbonyl (C=O) groups excluding carboxylic acids is 1. The van der Waals surface area contributed by atoms with Crippen molar-refractivity contribution in [3.8, 4) is 22.6 Å².